The molecular weight excluding hydrogens is 376 g/mol. The standard InChI is InChI=1S/C21H26N2O4S/c1-14-12-15(2)21(16(3)13-14)28(25,26)22-10-8-20(24)23-18-9-11-27-19-7-5-4-6-17(18)19/h4-7,12-13,18,22H,8-11H2,1-3H3,(H,23,24)/t18-/m0/s1. The molecule has 0 saturated carbocycles. The molecule has 0 spiro atoms. The molecule has 28 heavy (non-hydrogen) atoms. The summed E-state index contributed by atoms with van der Waals surface area (Å²) in [7, 11) is -3.67. The maximum absolute atomic E-state index is 12.7. The van der Waals surface area contributed by atoms with E-state index in [4.69, 9.17) is 4.74 Å². The summed E-state index contributed by atoms with van der Waals surface area (Å²) in [5.74, 6) is 0.590. The van der Waals surface area contributed by atoms with Crippen LogP contribution in [-0.2, 0) is 14.8 Å². The van der Waals surface area contributed by atoms with Gasteiger partial charge in [0, 0.05) is 24.9 Å². The predicted molar refractivity (Wildman–Crippen MR) is 108 cm³/mol. The van der Waals surface area contributed by atoms with Crippen LogP contribution in [-0.4, -0.2) is 27.5 Å². The molecule has 0 unspecified atom stereocenters. The molecule has 0 bridgehead atoms. The highest BCUT2D eigenvalue weighted by Crippen LogP contribution is 2.31. The Balaban J connectivity index is 1.59. The number of carbonyl (C=O) groups excluding carboxylic acids is 1. The minimum atomic E-state index is -3.67. The SMILES string of the molecule is Cc1cc(C)c(S(=O)(=O)NCCC(=O)N[C@H]2CCOc3ccccc32)c(C)c1. The molecule has 0 radical (unpaired) electrons. The van der Waals surface area contributed by atoms with Crippen LogP contribution >= 0.6 is 0 Å². The number of nitrogens with one attached hydrogen (secondary N) is 2. The molecule has 1 aliphatic rings. The zero-order chi connectivity index (χ0) is 20.3. The quantitative estimate of drug-likeness (QED) is 0.778. The third-order valence-corrected chi connectivity index (χ3v) is 6.58. The molecule has 2 N–H and O–H groups in total. The van der Waals surface area contributed by atoms with Gasteiger partial charge in [0.1, 0.15) is 5.75 Å². The Bertz CT molecular complexity index is 963. The Hall–Kier alpha value is -2.38. The second-order valence-corrected chi connectivity index (χ2v) is 8.87. The molecule has 6 nitrogen and oxygen atoms in total. The summed E-state index contributed by atoms with van der Waals surface area (Å²) in [6.07, 6.45) is 0.763. The molecule has 1 amide bonds. The van der Waals surface area contributed by atoms with Gasteiger partial charge in [0.25, 0.3) is 0 Å². The second kappa shape index (κ2) is 8.32. The van der Waals surface area contributed by atoms with E-state index >= 15 is 0 Å². The zero-order valence-corrected chi connectivity index (χ0v) is 17.2. The van der Waals surface area contributed by atoms with Gasteiger partial charge >= 0.3 is 0 Å². The van der Waals surface area contributed by atoms with Crippen molar-refractivity contribution in [3.63, 3.8) is 0 Å². The average Bonchev–Trinajstić information content (AvgIpc) is 2.60. The molecule has 0 fully saturated rings. The number of hydrogen-bond donors (Lipinski definition) is 2. The summed E-state index contributed by atoms with van der Waals surface area (Å²) in [6, 6.07) is 11.2. The molecule has 150 valence electrons. The van der Waals surface area contributed by atoms with Crippen molar-refractivity contribution in [3.8, 4) is 5.75 Å². The fraction of sp³-hybridized carbons (Fsp3) is 0.381. The van der Waals surface area contributed by atoms with Crippen molar-refractivity contribution in [2.24, 2.45) is 0 Å². The molecule has 1 heterocycles. The first-order valence-corrected chi connectivity index (χ1v) is 10.8. The lowest BCUT2D eigenvalue weighted by Crippen LogP contribution is -2.35. The van der Waals surface area contributed by atoms with E-state index in [1.54, 1.807) is 13.8 Å². The van der Waals surface area contributed by atoms with Gasteiger partial charge in [-0.3, -0.25) is 4.79 Å². The van der Waals surface area contributed by atoms with Gasteiger partial charge in [-0.2, -0.15) is 0 Å². The molecule has 0 aliphatic carbocycles. The van der Waals surface area contributed by atoms with E-state index in [0.29, 0.717) is 24.2 Å². The number of hydrogen-bond acceptors (Lipinski definition) is 4. The van der Waals surface area contributed by atoms with Crippen LogP contribution in [0, 0.1) is 20.8 Å². The predicted octanol–water partition coefficient (Wildman–Crippen LogP) is 2.92. The highest BCUT2D eigenvalue weighted by atomic mass is 32.2. The van der Waals surface area contributed by atoms with Crippen molar-refractivity contribution in [3.05, 3.63) is 58.7 Å². The van der Waals surface area contributed by atoms with E-state index in [1.807, 2.05) is 43.3 Å². The van der Waals surface area contributed by atoms with Crippen molar-refractivity contribution >= 4 is 15.9 Å². The lowest BCUT2D eigenvalue weighted by molar-refractivity contribution is -0.121. The van der Waals surface area contributed by atoms with Gasteiger partial charge in [0.2, 0.25) is 15.9 Å². The number of sulfonamides is 1. The number of benzene rings is 2. The van der Waals surface area contributed by atoms with Gasteiger partial charge in [0.15, 0.2) is 0 Å². The summed E-state index contributed by atoms with van der Waals surface area (Å²) in [5.41, 5.74) is 3.38. The van der Waals surface area contributed by atoms with Crippen LogP contribution in [0.25, 0.3) is 0 Å². The first-order valence-electron chi connectivity index (χ1n) is 9.36. The van der Waals surface area contributed by atoms with Crippen molar-refractivity contribution in [2.75, 3.05) is 13.2 Å². The van der Waals surface area contributed by atoms with Gasteiger partial charge in [0.05, 0.1) is 17.5 Å². The minimum Gasteiger partial charge on any atom is -0.493 e. The van der Waals surface area contributed by atoms with E-state index < -0.39 is 10.0 Å². The lowest BCUT2D eigenvalue weighted by Gasteiger charge is -2.26. The normalized spacial score (nSPS) is 16.2. The Morgan fingerprint density at radius 1 is 1.14 bits per heavy atom. The van der Waals surface area contributed by atoms with Gasteiger partial charge in [-0.05, 0) is 38.0 Å². The van der Waals surface area contributed by atoms with Crippen LogP contribution in [0.2, 0.25) is 0 Å². The molecule has 2 aromatic carbocycles. The number of fused-ring (bicyclic) bond motifs is 1. The Labute approximate surface area is 166 Å². The largest absolute Gasteiger partial charge is 0.493 e. The highest BCUT2D eigenvalue weighted by Gasteiger charge is 2.23. The van der Waals surface area contributed by atoms with Crippen LogP contribution in [0.3, 0.4) is 0 Å². The second-order valence-electron chi connectivity index (χ2n) is 7.17. The third-order valence-electron chi connectivity index (χ3n) is 4.81. The van der Waals surface area contributed by atoms with Gasteiger partial charge < -0.3 is 10.1 Å². The zero-order valence-electron chi connectivity index (χ0n) is 16.4. The van der Waals surface area contributed by atoms with Crippen LogP contribution in [0.5, 0.6) is 5.75 Å². The summed E-state index contributed by atoms with van der Waals surface area (Å²) < 4.78 is 33.5. The third kappa shape index (κ3) is 4.54. The minimum absolute atomic E-state index is 0.0474. The van der Waals surface area contributed by atoms with E-state index in [9.17, 15) is 13.2 Å². The lowest BCUT2D eigenvalue weighted by atomic mass is 10.0. The van der Waals surface area contributed by atoms with Crippen LogP contribution in [0.15, 0.2) is 41.3 Å². The Morgan fingerprint density at radius 3 is 2.54 bits per heavy atom. The van der Waals surface area contributed by atoms with E-state index in [-0.39, 0.29) is 29.8 Å². The van der Waals surface area contributed by atoms with Gasteiger partial charge in [-0.1, -0.05) is 35.9 Å². The van der Waals surface area contributed by atoms with Crippen molar-refractivity contribution in [1.82, 2.24) is 10.0 Å². The van der Waals surface area contributed by atoms with E-state index in [0.717, 1.165) is 16.9 Å². The van der Waals surface area contributed by atoms with Crippen molar-refractivity contribution in [2.45, 2.75) is 44.6 Å². The monoisotopic (exact) mass is 402 g/mol. The van der Waals surface area contributed by atoms with Gasteiger partial charge in [-0.25, -0.2) is 13.1 Å². The topological polar surface area (TPSA) is 84.5 Å². The average molecular weight is 403 g/mol. The maximum Gasteiger partial charge on any atom is 0.241 e. The van der Waals surface area contributed by atoms with Crippen molar-refractivity contribution in [1.29, 1.82) is 0 Å². The number of carbonyl (C=O) groups is 1. The summed E-state index contributed by atoms with van der Waals surface area (Å²) in [5, 5.41) is 2.98. The fourth-order valence-electron chi connectivity index (χ4n) is 3.72. The van der Waals surface area contributed by atoms with Crippen LogP contribution in [0.4, 0.5) is 0 Å². The molecule has 3 rings (SSSR count). The van der Waals surface area contributed by atoms with Crippen LogP contribution in [0.1, 0.15) is 41.1 Å². The first-order chi connectivity index (χ1) is 13.3. The Kier molecular flexibility index (Phi) is 6.05. The van der Waals surface area contributed by atoms with Crippen LogP contribution < -0.4 is 14.8 Å². The van der Waals surface area contributed by atoms with Gasteiger partial charge in [-0.15, -0.1) is 0 Å². The number of amides is 1. The summed E-state index contributed by atoms with van der Waals surface area (Å²) in [4.78, 5) is 12.6. The van der Waals surface area contributed by atoms with E-state index in [2.05, 4.69) is 10.0 Å². The number of ether oxygens (including phenoxy) is 1. The molecule has 0 saturated heterocycles. The Morgan fingerprint density at radius 2 is 1.82 bits per heavy atom. The van der Waals surface area contributed by atoms with E-state index in [1.165, 1.54) is 0 Å². The number of aryl methyl sites for hydroxylation is 3. The molecule has 7 heteroatoms. The summed E-state index contributed by atoms with van der Waals surface area (Å²) in [6.45, 7) is 6.09. The summed E-state index contributed by atoms with van der Waals surface area (Å²) >= 11 is 0. The molecule has 2 aromatic rings. The van der Waals surface area contributed by atoms with Crippen molar-refractivity contribution < 1.29 is 17.9 Å². The number of rotatable bonds is 6. The fourth-order valence-corrected chi connectivity index (χ4v) is 5.20. The molecular formula is C21H26N2O4S. The highest BCUT2D eigenvalue weighted by molar-refractivity contribution is 7.89. The number of para-hydroxylation sites is 1. The molecule has 0 aromatic heterocycles. The molecule has 1 aliphatic heterocycles. The smallest absolute Gasteiger partial charge is 0.241 e. The maximum atomic E-state index is 12.7. The first kappa shape index (κ1) is 20.4. The molecule has 1 atom stereocenters.